The fourth-order valence-corrected chi connectivity index (χ4v) is 5.34. The highest BCUT2D eigenvalue weighted by Gasteiger charge is 2.33. The Morgan fingerprint density at radius 2 is 1.89 bits per heavy atom. The van der Waals surface area contributed by atoms with Crippen molar-refractivity contribution in [2.24, 2.45) is 0 Å². The molecule has 8 heteroatoms. The molecule has 2 heterocycles. The molecule has 0 saturated carbocycles. The number of ether oxygens (including phenoxy) is 2. The van der Waals surface area contributed by atoms with Gasteiger partial charge in [-0.25, -0.2) is 4.39 Å². The topological polar surface area (TPSA) is 59.1 Å². The zero-order valence-corrected chi connectivity index (χ0v) is 21.2. The van der Waals surface area contributed by atoms with Gasteiger partial charge in [-0.2, -0.15) is 0 Å². The molecule has 2 amide bonds. The third-order valence-electron chi connectivity index (χ3n) is 6.29. The van der Waals surface area contributed by atoms with Gasteiger partial charge in [-0.3, -0.25) is 9.59 Å². The van der Waals surface area contributed by atoms with Crippen molar-refractivity contribution in [3.05, 3.63) is 87.9 Å². The van der Waals surface area contributed by atoms with Gasteiger partial charge in [0.05, 0.1) is 19.0 Å². The lowest BCUT2D eigenvalue weighted by molar-refractivity contribution is -0.142. The number of fused-ring (bicyclic) bond motifs is 1. The highest BCUT2D eigenvalue weighted by Crippen LogP contribution is 2.34. The van der Waals surface area contributed by atoms with Gasteiger partial charge in [-0.05, 0) is 59.7 Å². The molecular formula is C28H31FN2O4S. The molecule has 0 fully saturated rings. The summed E-state index contributed by atoms with van der Waals surface area (Å²) in [5.74, 6) is 0.0208. The van der Waals surface area contributed by atoms with E-state index in [-0.39, 0.29) is 43.2 Å². The van der Waals surface area contributed by atoms with Gasteiger partial charge in [0.2, 0.25) is 11.8 Å². The molecule has 1 aromatic heterocycles. The molecule has 2 aromatic carbocycles. The van der Waals surface area contributed by atoms with Crippen molar-refractivity contribution in [1.82, 2.24) is 9.80 Å². The number of thiophene rings is 1. The second kappa shape index (κ2) is 12.6. The summed E-state index contributed by atoms with van der Waals surface area (Å²) in [5.41, 5.74) is 1.99. The minimum absolute atomic E-state index is 0.00188. The van der Waals surface area contributed by atoms with Gasteiger partial charge < -0.3 is 19.3 Å². The van der Waals surface area contributed by atoms with Crippen LogP contribution in [0.25, 0.3) is 0 Å². The summed E-state index contributed by atoms with van der Waals surface area (Å²) < 4.78 is 24.4. The Balaban J connectivity index is 1.47. The number of hydrogen-bond acceptors (Lipinski definition) is 5. The predicted octanol–water partition coefficient (Wildman–Crippen LogP) is 4.50. The van der Waals surface area contributed by atoms with Crippen molar-refractivity contribution < 1.29 is 23.5 Å². The Morgan fingerprint density at radius 3 is 2.64 bits per heavy atom. The number of carbonyl (C=O) groups excluding carboxylic acids is 2. The number of benzene rings is 2. The normalized spacial score (nSPS) is 14.8. The quantitative estimate of drug-likeness (QED) is 0.357. The van der Waals surface area contributed by atoms with Crippen LogP contribution in [0.4, 0.5) is 4.39 Å². The molecule has 36 heavy (non-hydrogen) atoms. The summed E-state index contributed by atoms with van der Waals surface area (Å²) in [6.07, 6.45) is 1.66. The lowest BCUT2D eigenvalue weighted by atomic mass is 10.0. The maximum atomic E-state index is 13.6. The Morgan fingerprint density at radius 1 is 1.11 bits per heavy atom. The van der Waals surface area contributed by atoms with Crippen LogP contribution < -0.4 is 4.74 Å². The fourth-order valence-electron chi connectivity index (χ4n) is 4.41. The van der Waals surface area contributed by atoms with Crippen LogP contribution in [0.1, 0.15) is 28.5 Å². The number of carbonyl (C=O) groups is 2. The molecule has 6 nitrogen and oxygen atoms in total. The van der Waals surface area contributed by atoms with Crippen LogP contribution in [0.15, 0.2) is 66.0 Å². The Labute approximate surface area is 215 Å². The maximum Gasteiger partial charge on any atom is 0.242 e. The molecule has 1 atom stereocenters. The molecular weight excluding hydrogens is 479 g/mol. The third kappa shape index (κ3) is 6.71. The molecule has 0 N–H and O–H groups in total. The molecule has 0 saturated heterocycles. The molecule has 1 aliphatic rings. The van der Waals surface area contributed by atoms with Crippen LogP contribution in [0.3, 0.4) is 0 Å². The van der Waals surface area contributed by atoms with Gasteiger partial charge in [-0.1, -0.05) is 30.3 Å². The fraction of sp³-hybridized carbons (Fsp3) is 0.357. The van der Waals surface area contributed by atoms with Crippen molar-refractivity contribution in [2.45, 2.75) is 25.3 Å². The summed E-state index contributed by atoms with van der Waals surface area (Å²) in [5, 5.41) is 2.03. The van der Waals surface area contributed by atoms with Gasteiger partial charge in [0.1, 0.15) is 18.2 Å². The first kappa shape index (κ1) is 25.9. The van der Waals surface area contributed by atoms with Crippen LogP contribution in [0.2, 0.25) is 0 Å². The van der Waals surface area contributed by atoms with Crippen molar-refractivity contribution in [2.75, 3.05) is 40.0 Å². The number of nitrogens with zero attached hydrogens (tertiary/aromatic N) is 2. The molecule has 3 aromatic rings. The van der Waals surface area contributed by atoms with Crippen molar-refractivity contribution >= 4 is 23.2 Å². The number of rotatable bonds is 11. The minimum atomic E-state index is -0.328. The molecule has 0 aliphatic carbocycles. The average Bonchev–Trinajstić information content (AvgIpc) is 3.37. The highest BCUT2D eigenvalue weighted by molar-refractivity contribution is 7.10. The number of methoxy groups -OCH3 is 1. The molecule has 0 radical (unpaired) electrons. The van der Waals surface area contributed by atoms with E-state index in [0.29, 0.717) is 31.9 Å². The maximum absolute atomic E-state index is 13.6. The SMILES string of the molecule is COCCCN(CC(=O)N1CCc2sccc2[C@H]1COc1ccc(F)cc1)C(=O)Cc1ccccc1. The highest BCUT2D eigenvalue weighted by atomic mass is 32.1. The zero-order chi connectivity index (χ0) is 25.3. The molecule has 1 aliphatic heterocycles. The summed E-state index contributed by atoms with van der Waals surface area (Å²) in [4.78, 5) is 31.4. The summed E-state index contributed by atoms with van der Waals surface area (Å²) in [6.45, 7) is 1.77. The van der Waals surface area contributed by atoms with Gasteiger partial charge >= 0.3 is 0 Å². The first-order valence-corrected chi connectivity index (χ1v) is 13.0. The molecule has 0 spiro atoms. The van der Waals surface area contributed by atoms with E-state index in [0.717, 1.165) is 17.5 Å². The van der Waals surface area contributed by atoms with Crippen molar-refractivity contribution in [3.63, 3.8) is 0 Å². The Hall–Kier alpha value is -3.23. The summed E-state index contributed by atoms with van der Waals surface area (Å²) in [6, 6.07) is 17.2. The number of halogens is 1. The summed E-state index contributed by atoms with van der Waals surface area (Å²) >= 11 is 1.68. The van der Waals surface area contributed by atoms with Gasteiger partial charge in [0.15, 0.2) is 0 Å². The van der Waals surface area contributed by atoms with E-state index in [1.165, 1.54) is 17.0 Å². The van der Waals surface area contributed by atoms with E-state index in [2.05, 4.69) is 0 Å². The van der Waals surface area contributed by atoms with Crippen LogP contribution in [-0.4, -0.2) is 61.6 Å². The largest absolute Gasteiger partial charge is 0.491 e. The van der Waals surface area contributed by atoms with E-state index in [4.69, 9.17) is 9.47 Å². The zero-order valence-electron chi connectivity index (χ0n) is 20.4. The smallest absolute Gasteiger partial charge is 0.242 e. The lowest BCUT2D eigenvalue weighted by Gasteiger charge is -2.37. The van der Waals surface area contributed by atoms with Crippen molar-refractivity contribution in [3.8, 4) is 5.75 Å². The lowest BCUT2D eigenvalue weighted by Crippen LogP contribution is -2.48. The third-order valence-corrected chi connectivity index (χ3v) is 7.29. The predicted molar refractivity (Wildman–Crippen MR) is 138 cm³/mol. The van der Waals surface area contributed by atoms with Gasteiger partial charge in [0.25, 0.3) is 0 Å². The van der Waals surface area contributed by atoms with Crippen LogP contribution >= 0.6 is 11.3 Å². The average molecular weight is 511 g/mol. The molecule has 0 unspecified atom stereocenters. The molecule has 0 bridgehead atoms. The monoisotopic (exact) mass is 510 g/mol. The number of hydrogen-bond donors (Lipinski definition) is 0. The van der Waals surface area contributed by atoms with Gasteiger partial charge in [-0.15, -0.1) is 11.3 Å². The second-order valence-electron chi connectivity index (χ2n) is 8.74. The van der Waals surface area contributed by atoms with Crippen LogP contribution in [0, 0.1) is 5.82 Å². The van der Waals surface area contributed by atoms with E-state index in [1.54, 1.807) is 35.5 Å². The van der Waals surface area contributed by atoms with Crippen LogP contribution in [-0.2, 0) is 27.2 Å². The first-order chi connectivity index (χ1) is 17.5. The Bertz CT molecular complexity index is 1140. The van der Waals surface area contributed by atoms with E-state index >= 15 is 0 Å². The summed E-state index contributed by atoms with van der Waals surface area (Å²) in [7, 11) is 1.62. The second-order valence-corrected chi connectivity index (χ2v) is 9.74. The molecule has 190 valence electrons. The number of amides is 2. The van der Waals surface area contributed by atoms with Crippen molar-refractivity contribution in [1.29, 1.82) is 0 Å². The van der Waals surface area contributed by atoms with E-state index < -0.39 is 0 Å². The first-order valence-electron chi connectivity index (χ1n) is 12.1. The Kier molecular flexibility index (Phi) is 9.08. The van der Waals surface area contributed by atoms with E-state index in [9.17, 15) is 14.0 Å². The molecule has 4 rings (SSSR count). The standard InChI is InChI=1S/C28H31FN2O4S/c1-34-16-5-14-30(27(32)18-21-6-3-2-4-7-21)19-28(33)31-15-12-26-24(13-17-36-26)25(31)20-35-23-10-8-22(29)9-11-23/h2-4,6-11,13,17,25H,5,12,14-16,18-20H2,1H3/t25-/m1/s1. The van der Waals surface area contributed by atoms with Gasteiger partial charge in [0, 0.05) is 31.7 Å². The van der Waals surface area contributed by atoms with E-state index in [1.807, 2.05) is 46.7 Å². The minimum Gasteiger partial charge on any atom is -0.491 e. The van der Waals surface area contributed by atoms with Crippen LogP contribution in [0.5, 0.6) is 5.75 Å².